The zero-order chi connectivity index (χ0) is 12.2. The molecule has 2 N–H and O–H groups in total. The van der Waals surface area contributed by atoms with E-state index in [9.17, 15) is 9.50 Å². The molecule has 0 fully saturated rings. The summed E-state index contributed by atoms with van der Waals surface area (Å²) >= 11 is 3.31. The van der Waals surface area contributed by atoms with Crippen LogP contribution in [-0.2, 0) is 5.54 Å². The Morgan fingerprint density at radius 3 is 2.75 bits per heavy atom. The number of halogens is 2. The fraction of sp³-hybridized carbons (Fsp3) is 0.500. The van der Waals surface area contributed by atoms with Crippen molar-refractivity contribution in [3.63, 3.8) is 0 Å². The monoisotopic (exact) mass is 289 g/mol. The number of nitrogens with one attached hydrogen (secondary N) is 1. The highest BCUT2D eigenvalue weighted by Crippen LogP contribution is 2.26. The smallest absolute Gasteiger partial charge is 0.128 e. The van der Waals surface area contributed by atoms with Crippen molar-refractivity contribution in [1.29, 1.82) is 0 Å². The molecule has 1 atom stereocenters. The van der Waals surface area contributed by atoms with Crippen LogP contribution in [0, 0.1) is 5.82 Å². The van der Waals surface area contributed by atoms with Crippen LogP contribution in [0.5, 0.6) is 0 Å². The summed E-state index contributed by atoms with van der Waals surface area (Å²) < 4.78 is 14.5. The molecule has 1 aromatic rings. The predicted molar refractivity (Wildman–Crippen MR) is 66.8 cm³/mol. The Morgan fingerprint density at radius 2 is 2.19 bits per heavy atom. The van der Waals surface area contributed by atoms with Gasteiger partial charge in [-0.05, 0) is 38.1 Å². The number of rotatable bonds is 5. The summed E-state index contributed by atoms with van der Waals surface area (Å²) in [4.78, 5) is 0. The number of aliphatic hydroxyl groups excluding tert-OH is 1. The van der Waals surface area contributed by atoms with Crippen LogP contribution in [-0.4, -0.2) is 18.3 Å². The normalized spacial score (nSPS) is 14.8. The first-order valence-electron chi connectivity index (χ1n) is 5.35. The predicted octanol–water partition coefficient (Wildman–Crippen LogP) is 2.80. The minimum absolute atomic E-state index is 0.139. The lowest BCUT2D eigenvalue weighted by atomic mass is 9.92. The van der Waals surface area contributed by atoms with Crippen molar-refractivity contribution in [3.05, 3.63) is 34.1 Å². The molecule has 2 nitrogen and oxygen atoms in total. The molecule has 0 saturated heterocycles. The lowest BCUT2D eigenvalue weighted by molar-refractivity contribution is 0.171. The van der Waals surface area contributed by atoms with Crippen LogP contribution in [0.2, 0.25) is 0 Å². The Labute approximate surface area is 104 Å². The Hall–Kier alpha value is -0.450. The molecule has 16 heavy (non-hydrogen) atoms. The van der Waals surface area contributed by atoms with Gasteiger partial charge in [0.25, 0.3) is 0 Å². The summed E-state index contributed by atoms with van der Waals surface area (Å²) in [5.74, 6) is -0.302. The second-order valence-corrected chi connectivity index (χ2v) is 4.96. The van der Waals surface area contributed by atoms with Gasteiger partial charge in [0.2, 0.25) is 0 Å². The Balaban J connectivity index is 3.06. The first kappa shape index (κ1) is 13.6. The maximum absolute atomic E-state index is 13.7. The zero-order valence-corrected chi connectivity index (χ0v) is 11.1. The van der Waals surface area contributed by atoms with Gasteiger partial charge in [-0.1, -0.05) is 22.9 Å². The highest BCUT2D eigenvalue weighted by molar-refractivity contribution is 9.10. The van der Waals surface area contributed by atoms with Gasteiger partial charge in [-0.15, -0.1) is 0 Å². The van der Waals surface area contributed by atoms with E-state index >= 15 is 0 Å². The molecule has 0 spiro atoms. The highest BCUT2D eigenvalue weighted by atomic mass is 79.9. The Bertz CT molecular complexity index is 359. The zero-order valence-electron chi connectivity index (χ0n) is 9.56. The number of hydrogen-bond acceptors (Lipinski definition) is 2. The van der Waals surface area contributed by atoms with Crippen LogP contribution in [0.3, 0.4) is 0 Å². The molecule has 0 heterocycles. The molecule has 0 aromatic heterocycles. The van der Waals surface area contributed by atoms with Crippen molar-refractivity contribution in [3.8, 4) is 0 Å². The SMILES string of the molecule is CCCNC(C)(CO)c1cc(Br)ccc1F. The van der Waals surface area contributed by atoms with Crippen molar-refractivity contribution in [2.75, 3.05) is 13.2 Å². The first-order chi connectivity index (χ1) is 7.53. The van der Waals surface area contributed by atoms with Gasteiger partial charge in [0.1, 0.15) is 5.82 Å². The molecule has 0 aliphatic carbocycles. The van der Waals surface area contributed by atoms with Crippen LogP contribution >= 0.6 is 15.9 Å². The van der Waals surface area contributed by atoms with Crippen LogP contribution in [0.25, 0.3) is 0 Å². The molecule has 0 aliphatic heterocycles. The van der Waals surface area contributed by atoms with Gasteiger partial charge in [-0.3, -0.25) is 0 Å². The van der Waals surface area contributed by atoms with Gasteiger partial charge in [0, 0.05) is 10.0 Å². The average Bonchev–Trinajstić information content (AvgIpc) is 2.29. The fourth-order valence-corrected chi connectivity index (χ4v) is 1.92. The van der Waals surface area contributed by atoms with Crippen molar-refractivity contribution in [2.24, 2.45) is 0 Å². The molecule has 0 aliphatic rings. The van der Waals surface area contributed by atoms with E-state index in [2.05, 4.69) is 21.2 Å². The third kappa shape index (κ3) is 3.03. The van der Waals surface area contributed by atoms with Crippen molar-refractivity contribution >= 4 is 15.9 Å². The number of aliphatic hydroxyl groups is 1. The van der Waals surface area contributed by atoms with Crippen molar-refractivity contribution in [2.45, 2.75) is 25.8 Å². The van der Waals surface area contributed by atoms with E-state index in [1.54, 1.807) is 19.1 Å². The standard InChI is InChI=1S/C12H17BrFNO/c1-3-6-15-12(2,8-16)10-7-9(13)4-5-11(10)14/h4-5,7,15-16H,3,6,8H2,1-2H3. The van der Waals surface area contributed by atoms with Gasteiger partial charge in [0.15, 0.2) is 0 Å². The van der Waals surface area contributed by atoms with E-state index in [4.69, 9.17) is 0 Å². The van der Waals surface area contributed by atoms with Gasteiger partial charge in [-0.25, -0.2) is 4.39 Å². The van der Waals surface area contributed by atoms with Crippen LogP contribution < -0.4 is 5.32 Å². The van der Waals surface area contributed by atoms with Gasteiger partial charge in [0.05, 0.1) is 12.1 Å². The van der Waals surface area contributed by atoms with E-state index in [-0.39, 0.29) is 12.4 Å². The van der Waals surface area contributed by atoms with Gasteiger partial charge >= 0.3 is 0 Å². The molecule has 1 aromatic carbocycles. The highest BCUT2D eigenvalue weighted by Gasteiger charge is 2.28. The summed E-state index contributed by atoms with van der Waals surface area (Å²) in [6.07, 6.45) is 0.936. The molecular weight excluding hydrogens is 273 g/mol. The van der Waals surface area contributed by atoms with E-state index in [1.165, 1.54) is 6.07 Å². The summed E-state index contributed by atoms with van der Waals surface area (Å²) in [7, 11) is 0. The second kappa shape index (κ2) is 5.75. The Morgan fingerprint density at radius 1 is 1.50 bits per heavy atom. The Kier molecular flexibility index (Phi) is 4.89. The van der Waals surface area contributed by atoms with Crippen molar-refractivity contribution < 1.29 is 9.50 Å². The van der Waals surface area contributed by atoms with Gasteiger partial charge < -0.3 is 10.4 Å². The molecule has 4 heteroatoms. The fourth-order valence-electron chi connectivity index (χ4n) is 1.56. The molecule has 1 rings (SSSR count). The van der Waals surface area contributed by atoms with E-state index < -0.39 is 5.54 Å². The molecule has 0 bridgehead atoms. The quantitative estimate of drug-likeness (QED) is 0.874. The molecule has 1 unspecified atom stereocenters. The lowest BCUT2D eigenvalue weighted by Gasteiger charge is -2.30. The van der Waals surface area contributed by atoms with E-state index in [0.717, 1.165) is 17.4 Å². The number of benzene rings is 1. The van der Waals surface area contributed by atoms with E-state index in [0.29, 0.717) is 5.56 Å². The topological polar surface area (TPSA) is 32.3 Å². The van der Waals surface area contributed by atoms with Gasteiger partial charge in [-0.2, -0.15) is 0 Å². The molecule has 0 saturated carbocycles. The minimum Gasteiger partial charge on any atom is -0.394 e. The molecule has 0 amide bonds. The van der Waals surface area contributed by atoms with Crippen LogP contribution in [0.1, 0.15) is 25.8 Å². The maximum atomic E-state index is 13.7. The second-order valence-electron chi connectivity index (χ2n) is 4.04. The molecule has 0 radical (unpaired) electrons. The molecule has 90 valence electrons. The van der Waals surface area contributed by atoms with Crippen molar-refractivity contribution in [1.82, 2.24) is 5.32 Å². The number of hydrogen-bond donors (Lipinski definition) is 2. The first-order valence-corrected chi connectivity index (χ1v) is 6.14. The molecular formula is C12H17BrFNO. The third-order valence-electron chi connectivity index (χ3n) is 2.60. The largest absolute Gasteiger partial charge is 0.394 e. The summed E-state index contributed by atoms with van der Waals surface area (Å²) in [5.41, 5.74) is -0.248. The third-order valence-corrected chi connectivity index (χ3v) is 3.10. The maximum Gasteiger partial charge on any atom is 0.128 e. The summed E-state index contributed by atoms with van der Waals surface area (Å²) in [6.45, 7) is 4.43. The van der Waals surface area contributed by atoms with E-state index in [1.807, 2.05) is 6.92 Å². The van der Waals surface area contributed by atoms with Crippen LogP contribution in [0.15, 0.2) is 22.7 Å². The summed E-state index contributed by atoms with van der Waals surface area (Å²) in [6, 6.07) is 4.76. The lowest BCUT2D eigenvalue weighted by Crippen LogP contribution is -2.44. The summed E-state index contributed by atoms with van der Waals surface area (Å²) in [5, 5.41) is 12.6. The minimum atomic E-state index is -0.732. The van der Waals surface area contributed by atoms with Crippen LogP contribution in [0.4, 0.5) is 4.39 Å². The average molecular weight is 290 g/mol.